The molecule has 0 aliphatic carbocycles. The molecule has 1 aromatic rings. The first-order chi connectivity index (χ1) is 7.20. The van der Waals surface area contributed by atoms with Crippen LogP contribution in [0.3, 0.4) is 0 Å². The van der Waals surface area contributed by atoms with Gasteiger partial charge < -0.3 is 9.84 Å². The van der Waals surface area contributed by atoms with Gasteiger partial charge >= 0.3 is 0 Å². The number of hydrogen-bond donors (Lipinski definition) is 1. The van der Waals surface area contributed by atoms with Crippen LogP contribution in [-0.2, 0) is 4.74 Å². The maximum absolute atomic E-state index is 10.3. The molecule has 0 amide bonds. The molecule has 15 heavy (non-hydrogen) atoms. The van der Waals surface area contributed by atoms with Gasteiger partial charge in [-0.05, 0) is 31.4 Å². The predicted molar refractivity (Wildman–Crippen MR) is 59.7 cm³/mol. The third-order valence-electron chi connectivity index (χ3n) is 3.35. The van der Waals surface area contributed by atoms with Crippen molar-refractivity contribution in [2.45, 2.75) is 32.5 Å². The van der Waals surface area contributed by atoms with E-state index in [4.69, 9.17) is 4.74 Å². The first kappa shape index (κ1) is 10.7. The molecule has 1 aliphatic rings. The van der Waals surface area contributed by atoms with Gasteiger partial charge in [-0.15, -0.1) is 0 Å². The molecular weight excluding hydrogens is 188 g/mol. The van der Waals surface area contributed by atoms with Crippen LogP contribution in [0.5, 0.6) is 0 Å². The van der Waals surface area contributed by atoms with Gasteiger partial charge in [0, 0.05) is 12.5 Å². The van der Waals surface area contributed by atoms with Crippen molar-refractivity contribution in [3.05, 3.63) is 35.4 Å². The van der Waals surface area contributed by atoms with Crippen molar-refractivity contribution < 1.29 is 9.84 Å². The van der Waals surface area contributed by atoms with Crippen molar-refractivity contribution in [2.75, 3.05) is 6.61 Å². The lowest BCUT2D eigenvalue weighted by molar-refractivity contribution is 0.0429. The third kappa shape index (κ3) is 2.06. The predicted octanol–water partition coefficient (Wildman–Crippen LogP) is 2.45. The average Bonchev–Trinajstić information content (AvgIpc) is 2.64. The highest BCUT2D eigenvalue weighted by Crippen LogP contribution is 2.34. The second-order valence-electron chi connectivity index (χ2n) is 4.33. The van der Waals surface area contributed by atoms with Crippen molar-refractivity contribution in [1.29, 1.82) is 0 Å². The Morgan fingerprint density at radius 3 is 2.73 bits per heavy atom. The Kier molecular flexibility index (Phi) is 3.08. The summed E-state index contributed by atoms with van der Waals surface area (Å²) >= 11 is 0. The molecule has 1 aromatic carbocycles. The highest BCUT2D eigenvalue weighted by Gasteiger charge is 2.31. The zero-order valence-corrected chi connectivity index (χ0v) is 9.31. The number of benzene rings is 1. The number of aliphatic hydroxyl groups is 1. The summed E-state index contributed by atoms with van der Waals surface area (Å²) in [7, 11) is 0. The number of aliphatic hydroxyl groups excluding tert-OH is 1. The first-order valence-electron chi connectivity index (χ1n) is 5.55. The van der Waals surface area contributed by atoms with Gasteiger partial charge in [0.05, 0.1) is 12.2 Å². The number of ether oxygens (including phenoxy) is 1. The second kappa shape index (κ2) is 4.33. The van der Waals surface area contributed by atoms with E-state index in [1.165, 1.54) is 0 Å². The maximum Gasteiger partial charge on any atom is 0.0846 e. The Hall–Kier alpha value is -0.860. The molecule has 3 unspecified atom stereocenters. The van der Waals surface area contributed by atoms with Crippen molar-refractivity contribution >= 4 is 0 Å². The molecule has 0 saturated carbocycles. The van der Waals surface area contributed by atoms with Gasteiger partial charge in [0.15, 0.2) is 0 Å². The highest BCUT2D eigenvalue weighted by atomic mass is 16.5. The molecule has 82 valence electrons. The van der Waals surface area contributed by atoms with E-state index in [2.05, 4.69) is 0 Å². The second-order valence-corrected chi connectivity index (χ2v) is 4.33. The fourth-order valence-corrected chi connectivity index (χ4v) is 2.31. The molecule has 1 saturated heterocycles. The molecule has 0 aromatic heterocycles. The first-order valence-corrected chi connectivity index (χ1v) is 5.55. The number of hydrogen-bond acceptors (Lipinski definition) is 2. The summed E-state index contributed by atoms with van der Waals surface area (Å²) < 4.78 is 5.49. The minimum atomic E-state index is -0.385. The molecule has 0 bridgehead atoms. The molecule has 0 spiro atoms. The van der Waals surface area contributed by atoms with Crippen molar-refractivity contribution in [2.24, 2.45) is 5.92 Å². The van der Waals surface area contributed by atoms with E-state index in [0.29, 0.717) is 0 Å². The van der Waals surface area contributed by atoms with Crippen molar-refractivity contribution in [3.63, 3.8) is 0 Å². The van der Waals surface area contributed by atoms with Gasteiger partial charge in [-0.25, -0.2) is 0 Å². The lowest BCUT2D eigenvalue weighted by Gasteiger charge is -2.22. The van der Waals surface area contributed by atoms with Gasteiger partial charge in [0.25, 0.3) is 0 Å². The minimum absolute atomic E-state index is 0.166. The number of aryl methyl sites for hydroxylation is 1. The molecule has 1 heterocycles. The van der Waals surface area contributed by atoms with E-state index in [1.807, 2.05) is 38.1 Å². The van der Waals surface area contributed by atoms with Crippen LogP contribution in [0.1, 0.15) is 30.6 Å². The van der Waals surface area contributed by atoms with Crippen molar-refractivity contribution in [1.82, 2.24) is 0 Å². The summed E-state index contributed by atoms with van der Waals surface area (Å²) in [6.07, 6.45) is 0.736. The largest absolute Gasteiger partial charge is 0.388 e. The zero-order valence-electron chi connectivity index (χ0n) is 9.31. The summed E-state index contributed by atoms with van der Waals surface area (Å²) in [5, 5.41) is 10.3. The van der Waals surface area contributed by atoms with E-state index < -0.39 is 0 Å². The van der Waals surface area contributed by atoms with E-state index in [0.717, 1.165) is 24.2 Å². The van der Waals surface area contributed by atoms with E-state index in [-0.39, 0.29) is 18.1 Å². The summed E-state index contributed by atoms with van der Waals surface area (Å²) in [4.78, 5) is 0. The van der Waals surface area contributed by atoms with Gasteiger partial charge in [-0.1, -0.05) is 24.3 Å². The fraction of sp³-hybridized carbons (Fsp3) is 0.538. The maximum atomic E-state index is 10.3. The van der Waals surface area contributed by atoms with Crippen LogP contribution < -0.4 is 0 Å². The quantitative estimate of drug-likeness (QED) is 0.805. The molecule has 0 radical (unpaired) electrons. The molecule has 1 fully saturated rings. The van der Waals surface area contributed by atoms with Gasteiger partial charge in [0.1, 0.15) is 0 Å². The van der Waals surface area contributed by atoms with Crippen LogP contribution in [-0.4, -0.2) is 17.8 Å². The summed E-state index contributed by atoms with van der Waals surface area (Å²) in [6, 6.07) is 8.02. The average molecular weight is 206 g/mol. The molecule has 1 aliphatic heterocycles. The molecular formula is C13H18O2. The zero-order chi connectivity index (χ0) is 10.8. The Morgan fingerprint density at radius 1 is 1.40 bits per heavy atom. The SMILES string of the molecule is Cc1ccccc1C(O)C1CCOC1C. The highest BCUT2D eigenvalue weighted by molar-refractivity contribution is 5.28. The standard InChI is InChI=1S/C13H18O2/c1-9-5-3-4-6-11(9)13(14)12-7-8-15-10(12)2/h3-6,10,12-14H,7-8H2,1-2H3. The lowest BCUT2D eigenvalue weighted by atomic mass is 9.89. The normalized spacial score (nSPS) is 27.9. The van der Waals surface area contributed by atoms with Crippen LogP contribution in [0.25, 0.3) is 0 Å². The van der Waals surface area contributed by atoms with Gasteiger partial charge in [-0.3, -0.25) is 0 Å². The van der Waals surface area contributed by atoms with E-state index >= 15 is 0 Å². The van der Waals surface area contributed by atoms with Crippen LogP contribution in [0.2, 0.25) is 0 Å². The molecule has 3 atom stereocenters. The molecule has 1 N–H and O–H groups in total. The number of rotatable bonds is 2. The fourth-order valence-electron chi connectivity index (χ4n) is 2.31. The van der Waals surface area contributed by atoms with Crippen molar-refractivity contribution in [3.8, 4) is 0 Å². The van der Waals surface area contributed by atoms with Gasteiger partial charge in [-0.2, -0.15) is 0 Å². The molecule has 2 rings (SSSR count). The van der Waals surface area contributed by atoms with E-state index in [1.54, 1.807) is 0 Å². The third-order valence-corrected chi connectivity index (χ3v) is 3.35. The monoisotopic (exact) mass is 206 g/mol. The molecule has 2 heteroatoms. The van der Waals surface area contributed by atoms with Crippen LogP contribution in [0, 0.1) is 12.8 Å². The topological polar surface area (TPSA) is 29.5 Å². The van der Waals surface area contributed by atoms with Crippen LogP contribution in [0.4, 0.5) is 0 Å². The van der Waals surface area contributed by atoms with Gasteiger partial charge in [0.2, 0.25) is 0 Å². The Balaban J connectivity index is 2.20. The Bertz CT molecular complexity index is 335. The summed E-state index contributed by atoms with van der Waals surface area (Å²) in [5.41, 5.74) is 2.20. The van der Waals surface area contributed by atoms with Crippen LogP contribution >= 0.6 is 0 Å². The van der Waals surface area contributed by atoms with Crippen LogP contribution in [0.15, 0.2) is 24.3 Å². The lowest BCUT2D eigenvalue weighted by Crippen LogP contribution is -2.20. The Morgan fingerprint density at radius 2 is 2.13 bits per heavy atom. The Labute approximate surface area is 90.9 Å². The molecule has 2 nitrogen and oxygen atoms in total. The smallest absolute Gasteiger partial charge is 0.0846 e. The minimum Gasteiger partial charge on any atom is -0.388 e. The van der Waals surface area contributed by atoms with E-state index in [9.17, 15) is 5.11 Å². The summed E-state index contributed by atoms with van der Waals surface area (Å²) in [5.74, 6) is 0.242. The summed E-state index contributed by atoms with van der Waals surface area (Å²) in [6.45, 7) is 4.85.